The van der Waals surface area contributed by atoms with Gasteiger partial charge in [-0.3, -0.25) is 0 Å². The summed E-state index contributed by atoms with van der Waals surface area (Å²) in [5, 5.41) is 8.99. The zero-order chi connectivity index (χ0) is 12.3. The molecule has 0 aliphatic carbocycles. The van der Waals surface area contributed by atoms with E-state index in [2.05, 4.69) is 4.90 Å². The van der Waals surface area contributed by atoms with Crippen molar-refractivity contribution in [3.63, 3.8) is 0 Å². The fourth-order valence-electron chi connectivity index (χ4n) is 1.94. The van der Waals surface area contributed by atoms with E-state index in [4.69, 9.17) is 10.8 Å². The molecular weight excluding hydrogens is 236 g/mol. The van der Waals surface area contributed by atoms with Gasteiger partial charge in [-0.1, -0.05) is 0 Å². The second kappa shape index (κ2) is 5.31. The number of thioether (sulfide) groups is 1. The van der Waals surface area contributed by atoms with Crippen LogP contribution in [0.15, 0.2) is 18.2 Å². The molecule has 0 saturated carbocycles. The average molecular weight is 252 g/mol. The molecule has 0 radical (unpaired) electrons. The molecule has 92 valence electrons. The third kappa shape index (κ3) is 2.85. The van der Waals surface area contributed by atoms with Crippen molar-refractivity contribution in [3.8, 4) is 0 Å². The van der Waals surface area contributed by atoms with Gasteiger partial charge in [-0.05, 0) is 30.4 Å². The van der Waals surface area contributed by atoms with Crippen molar-refractivity contribution in [2.24, 2.45) is 0 Å². The van der Waals surface area contributed by atoms with Crippen molar-refractivity contribution in [2.45, 2.75) is 6.42 Å². The van der Waals surface area contributed by atoms with Crippen LogP contribution >= 0.6 is 11.8 Å². The Morgan fingerprint density at radius 1 is 1.35 bits per heavy atom. The predicted molar refractivity (Wildman–Crippen MR) is 72.0 cm³/mol. The van der Waals surface area contributed by atoms with Crippen molar-refractivity contribution >= 4 is 29.1 Å². The Hall–Kier alpha value is -1.36. The van der Waals surface area contributed by atoms with Crippen LogP contribution in [0.2, 0.25) is 0 Å². The van der Waals surface area contributed by atoms with Gasteiger partial charge in [0, 0.05) is 18.8 Å². The van der Waals surface area contributed by atoms with Gasteiger partial charge in [0.15, 0.2) is 0 Å². The van der Waals surface area contributed by atoms with E-state index >= 15 is 0 Å². The number of carboxylic acid groups (broad SMARTS) is 1. The Bertz CT molecular complexity index is 415. The number of nitrogens with zero attached hydrogens (tertiary/aromatic N) is 1. The van der Waals surface area contributed by atoms with Gasteiger partial charge >= 0.3 is 5.97 Å². The Kier molecular flexibility index (Phi) is 3.78. The number of nitrogen functional groups attached to an aromatic ring is 1. The number of hydrogen-bond acceptors (Lipinski definition) is 4. The first-order valence-electron chi connectivity index (χ1n) is 5.64. The molecule has 0 bridgehead atoms. The van der Waals surface area contributed by atoms with Crippen LogP contribution in [0.4, 0.5) is 11.4 Å². The van der Waals surface area contributed by atoms with Crippen LogP contribution in [-0.4, -0.2) is 35.7 Å². The minimum absolute atomic E-state index is 0.297. The van der Waals surface area contributed by atoms with Gasteiger partial charge in [0.1, 0.15) is 0 Å². The normalized spacial score (nSPS) is 16.6. The Morgan fingerprint density at radius 2 is 2.18 bits per heavy atom. The lowest BCUT2D eigenvalue weighted by Gasteiger charge is -2.24. The summed E-state index contributed by atoms with van der Waals surface area (Å²) in [6.07, 6.45) is 1.11. The quantitative estimate of drug-likeness (QED) is 0.787. The summed E-state index contributed by atoms with van der Waals surface area (Å²) >= 11 is 1.93. The van der Waals surface area contributed by atoms with Crippen molar-refractivity contribution in [1.29, 1.82) is 0 Å². The van der Waals surface area contributed by atoms with E-state index in [9.17, 15) is 4.79 Å². The maximum atomic E-state index is 11.0. The molecule has 0 atom stereocenters. The second-order valence-electron chi connectivity index (χ2n) is 4.03. The molecular formula is C12H16N2O2S. The largest absolute Gasteiger partial charge is 0.478 e. The minimum atomic E-state index is -0.907. The molecule has 0 spiro atoms. The maximum absolute atomic E-state index is 11.0. The third-order valence-corrected chi connectivity index (χ3v) is 3.89. The van der Waals surface area contributed by atoms with Gasteiger partial charge < -0.3 is 15.7 Å². The molecule has 1 aromatic rings. The third-order valence-electron chi connectivity index (χ3n) is 2.84. The molecule has 17 heavy (non-hydrogen) atoms. The van der Waals surface area contributed by atoms with Crippen LogP contribution in [0.25, 0.3) is 0 Å². The van der Waals surface area contributed by atoms with Crippen LogP contribution in [0.5, 0.6) is 0 Å². The first-order valence-corrected chi connectivity index (χ1v) is 6.79. The molecule has 1 aliphatic rings. The minimum Gasteiger partial charge on any atom is -0.478 e. The molecule has 0 unspecified atom stereocenters. The van der Waals surface area contributed by atoms with E-state index in [1.165, 1.54) is 0 Å². The molecule has 3 N–H and O–H groups in total. The highest BCUT2D eigenvalue weighted by atomic mass is 32.2. The summed E-state index contributed by atoms with van der Waals surface area (Å²) in [5.41, 5.74) is 7.74. The molecule has 5 heteroatoms. The van der Waals surface area contributed by atoms with Crippen molar-refractivity contribution < 1.29 is 9.90 Å². The van der Waals surface area contributed by atoms with Crippen molar-refractivity contribution in [1.82, 2.24) is 0 Å². The van der Waals surface area contributed by atoms with Crippen LogP contribution in [0, 0.1) is 0 Å². The average Bonchev–Trinajstić information content (AvgIpc) is 2.58. The van der Waals surface area contributed by atoms with E-state index in [-0.39, 0.29) is 0 Å². The summed E-state index contributed by atoms with van der Waals surface area (Å²) in [7, 11) is 0. The van der Waals surface area contributed by atoms with Crippen molar-refractivity contribution in [2.75, 3.05) is 35.2 Å². The highest BCUT2D eigenvalue weighted by Gasteiger charge is 2.14. The lowest BCUT2D eigenvalue weighted by Crippen LogP contribution is -2.26. The summed E-state index contributed by atoms with van der Waals surface area (Å²) < 4.78 is 0. The standard InChI is InChI=1S/C12H16N2O2S/c13-10-3-2-9(12(15)16)8-11(10)14-4-1-6-17-7-5-14/h2-3,8H,1,4-7,13H2,(H,15,16). The SMILES string of the molecule is Nc1ccc(C(=O)O)cc1N1CCCSCC1. The highest BCUT2D eigenvalue weighted by molar-refractivity contribution is 7.99. The van der Waals surface area contributed by atoms with E-state index in [0.29, 0.717) is 11.3 Å². The zero-order valence-electron chi connectivity index (χ0n) is 9.56. The van der Waals surface area contributed by atoms with Crippen LogP contribution in [-0.2, 0) is 0 Å². The van der Waals surface area contributed by atoms with Gasteiger partial charge in [0.2, 0.25) is 0 Å². The van der Waals surface area contributed by atoms with E-state index in [1.54, 1.807) is 18.2 Å². The summed E-state index contributed by atoms with van der Waals surface area (Å²) in [4.78, 5) is 13.1. The van der Waals surface area contributed by atoms with Gasteiger partial charge in [0.25, 0.3) is 0 Å². The molecule has 1 aliphatic heterocycles. The fraction of sp³-hybridized carbons (Fsp3) is 0.417. The molecule has 1 aromatic carbocycles. The number of carbonyl (C=O) groups is 1. The Labute approximate surface area is 105 Å². The fourth-order valence-corrected chi connectivity index (χ4v) is 2.82. The molecule has 0 aromatic heterocycles. The van der Waals surface area contributed by atoms with Gasteiger partial charge in [-0.25, -0.2) is 4.79 Å². The van der Waals surface area contributed by atoms with E-state index in [1.807, 2.05) is 11.8 Å². The van der Waals surface area contributed by atoms with Gasteiger partial charge in [0.05, 0.1) is 16.9 Å². The summed E-state index contributed by atoms with van der Waals surface area (Å²) in [5.74, 6) is 1.32. The number of carboxylic acids is 1. The summed E-state index contributed by atoms with van der Waals surface area (Å²) in [6, 6.07) is 4.90. The molecule has 1 heterocycles. The lowest BCUT2D eigenvalue weighted by molar-refractivity contribution is 0.0697. The predicted octanol–water partition coefficient (Wildman–Crippen LogP) is 1.91. The number of hydrogen-bond donors (Lipinski definition) is 2. The second-order valence-corrected chi connectivity index (χ2v) is 5.26. The maximum Gasteiger partial charge on any atom is 0.335 e. The van der Waals surface area contributed by atoms with E-state index < -0.39 is 5.97 Å². The van der Waals surface area contributed by atoms with E-state index in [0.717, 1.165) is 36.7 Å². The number of benzene rings is 1. The Balaban J connectivity index is 2.28. The Morgan fingerprint density at radius 3 is 2.94 bits per heavy atom. The number of nitrogens with two attached hydrogens (primary N) is 1. The lowest BCUT2D eigenvalue weighted by atomic mass is 10.1. The molecule has 1 saturated heterocycles. The zero-order valence-corrected chi connectivity index (χ0v) is 10.4. The summed E-state index contributed by atoms with van der Waals surface area (Å²) in [6.45, 7) is 1.87. The number of rotatable bonds is 2. The van der Waals surface area contributed by atoms with Gasteiger partial charge in [-0.2, -0.15) is 11.8 Å². The van der Waals surface area contributed by atoms with Crippen LogP contribution < -0.4 is 10.6 Å². The topological polar surface area (TPSA) is 66.6 Å². The van der Waals surface area contributed by atoms with Crippen LogP contribution in [0.1, 0.15) is 16.8 Å². The molecule has 4 nitrogen and oxygen atoms in total. The monoisotopic (exact) mass is 252 g/mol. The first kappa shape index (κ1) is 12.1. The van der Waals surface area contributed by atoms with Crippen molar-refractivity contribution in [3.05, 3.63) is 23.8 Å². The number of anilines is 2. The van der Waals surface area contributed by atoms with Gasteiger partial charge in [-0.15, -0.1) is 0 Å². The highest BCUT2D eigenvalue weighted by Crippen LogP contribution is 2.26. The molecule has 0 amide bonds. The molecule has 1 fully saturated rings. The smallest absolute Gasteiger partial charge is 0.335 e. The first-order chi connectivity index (χ1) is 8.18. The number of aromatic carboxylic acids is 1. The molecule has 2 rings (SSSR count). The van der Waals surface area contributed by atoms with Crippen LogP contribution in [0.3, 0.4) is 0 Å².